The number of rotatable bonds is 3. The third-order valence-corrected chi connectivity index (χ3v) is 3.34. The van der Waals surface area contributed by atoms with Gasteiger partial charge in [0.15, 0.2) is 0 Å². The Labute approximate surface area is 109 Å². The summed E-state index contributed by atoms with van der Waals surface area (Å²) in [6.45, 7) is 0.237. The summed E-state index contributed by atoms with van der Waals surface area (Å²) in [5.74, 6) is -2.25. The van der Waals surface area contributed by atoms with Gasteiger partial charge >= 0.3 is 0 Å². The predicted octanol–water partition coefficient (Wildman–Crippen LogP) is 4.03. The summed E-state index contributed by atoms with van der Waals surface area (Å²) < 4.78 is 31.4. The third kappa shape index (κ3) is 3.11. The summed E-state index contributed by atoms with van der Waals surface area (Å²) in [5.41, 5.74) is 0.444. The van der Waals surface area contributed by atoms with E-state index in [1.807, 2.05) is 6.07 Å². The lowest BCUT2D eigenvalue weighted by molar-refractivity contribution is 0.00292. The Morgan fingerprint density at radius 3 is 2.83 bits per heavy atom. The lowest BCUT2D eigenvalue weighted by Crippen LogP contribution is -2.14. The number of alkyl halides is 2. The molecule has 2 rings (SSSR count). The minimum Gasteiger partial charge on any atom is -0.492 e. The van der Waals surface area contributed by atoms with Crippen LogP contribution < -0.4 is 4.74 Å². The molecule has 1 atom stereocenters. The van der Waals surface area contributed by atoms with Crippen LogP contribution in [0.2, 0.25) is 5.02 Å². The molecule has 1 saturated carbocycles. The maximum Gasteiger partial charge on any atom is 0.248 e. The molecule has 2 nitrogen and oxygen atoms in total. The number of ether oxygens (including phenoxy) is 1. The fourth-order valence-electron chi connectivity index (χ4n) is 2.08. The van der Waals surface area contributed by atoms with Crippen molar-refractivity contribution in [3.8, 4) is 11.8 Å². The highest BCUT2D eigenvalue weighted by molar-refractivity contribution is 6.32. The summed E-state index contributed by atoms with van der Waals surface area (Å²) >= 11 is 5.93. The van der Waals surface area contributed by atoms with Crippen molar-refractivity contribution < 1.29 is 13.5 Å². The fraction of sp³-hybridized carbons (Fsp3) is 0.462. The van der Waals surface area contributed by atoms with Crippen molar-refractivity contribution in [2.24, 2.45) is 5.92 Å². The minimum atomic E-state index is -2.55. The Morgan fingerprint density at radius 1 is 1.50 bits per heavy atom. The van der Waals surface area contributed by atoms with Gasteiger partial charge in [-0.15, -0.1) is 0 Å². The van der Waals surface area contributed by atoms with Crippen molar-refractivity contribution in [3.63, 3.8) is 0 Å². The molecular weight excluding hydrogens is 260 g/mol. The number of hydrogen-bond donors (Lipinski definition) is 0. The maximum atomic E-state index is 13.0. The molecule has 5 heteroatoms. The van der Waals surface area contributed by atoms with E-state index in [2.05, 4.69) is 0 Å². The second-order valence-electron chi connectivity index (χ2n) is 4.53. The Hall–Kier alpha value is -1.34. The van der Waals surface area contributed by atoms with E-state index in [-0.39, 0.29) is 25.4 Å². The van der Waals surface area contributed by atoms with Crippen LogP contribution in [0.15, 0.2) is 18.2 Å². The highest BCUT2D eigenvalue weighted by Gasteiger charge is 2.39. The van der Waals surface area contributed by atoms with Crippen LogP contribution in [-0.2, 0) is 0 Å². The second kappa shape index (κ2) is 5.11. The number of hydrogen-bond acceptors (Lipinski definition) is 2. The van der Waals surface area contributed by atoms with Gasteiger partial charge in [-0.1, -0.05) is 11.6 Å². The van der Waals surface area contributed by atoms with E-state index in [1.54, 1.807) is 12.1 Å². The summed E-state index contributed by atoms with van der Waals surface area (Å²) in [6, 6.07) is 6.64. The number of nitriles is 1. The van der Waals surface area contributed by atoms with E-state index in [0.29, 0.717) is 22.8 Å². The van der Waals surface area contributed by atoms with E-state index < -0.39 is 5.92 Å². The first kappa shape index (κ1) is 13.1. The van der Waals surface area contributed by atoms with E-state index in [0.717, 1.165) is 0 Å². The standard InChI is InChI=1S/C13H12ClF2NO/c14-11-5-9(7-17)1-2-12(11)18-8-10-3-4-13(15,16)6-10/h1-2,5,10H,3-4,6,8H2. The zero-order chi connectivity index (χ0) is 13.2. The SMILES string of the molecule is N#Cc1ccc(OCC2CCC(F)(F)C2)c(Cl)c1. The Morgan fingerprint density at radius 2 is 2.28 bits per heavy atom. The average Bonchev–Trinajstić information content (AvgIpc) is 2.67. The highest BCUT2D eigenvalue weighted by Crippen LogP contribution is 2.39. The number of nitrogens with zero attached hydrogens (tertiary/aromatic N) is 1. The van der Waals surface area contributed by atoms with Gasteiger partial charge in [-0.25, -0.2) is 8.78 Å². The highest BCUT2D eigenvalue weighted by atomic mass is 35.5. The molecular formula is C13H12ClF2NO. The zero-order valence-electron chi connectivity index (χ0n) is 9.63. The Bertz CT molecular complexity index is 484. The first-order chi connectivity index (χ1) is 8.50. The molecule has 0 heterocycles. The average molecular weight is 272 g/mol. The molecule has 1 unspecified atom stereocenters. The molecule has 1 aromatic rings. The molecule has 96 valence electrons. The maximum absolute atomic E-state index is 13.0. The zero-order valence-corrected chi connectivity index (χ0v) is 10.4. The molecule has 0 aromatic heterocycles. The van der Waals surface area contributed by atoms with Gasteiger partial charge in [0.1, 0.15) is 5.75 Å². The summed E-state index contributed by atoms with van der Waals surface area (Å²) in [5, 5.41) is 9.01. The van der Waals surface area contributed by atoms with Gasteiger partial charge in [0.2, 0.25) is 5.92 Å². The van der Waals surface area contributed by atoms with Gasteiger partial charge in [-0.05, 0) is 30.5 Å². The van der Waals surface area contributed by atoms with Gasteiger partial charge in [-0.3, -0.25) is 0 Å². The summed E-state index contributed by atoms with van der Waals surface area (Å²) in [7, 11) is 0. The molecule has 0 bridgehead atoms. The van der Waals surface area contributed by atoms with E-state index in [9.17, 15) is 8.78 Å². The molecule has 0 aliphatic heterocycles. The normalized spacial score (nSPS) is 21.6. The van der Waals surface area contributed by atoms with Crippen LogP contribution in [0.25, 0.3) is 0 Å². The van der Waals surface area contributed by atoms with Crippen molar-refractivity contribution in [1.82, 2.24) is 0 Å². The molecule has 0 N–H and O–H groups in total. The molecule has 0 spiro atoms. The molecule has 0 radical (unpaired) electrons. The first-order valence-corrected chi connectivity index (χ1v) is 6.08. The molecule has 0 saturated heterocycles. The van der Waals surface area contributed by atoms with Crippen LogP contribution in [0.3, 0.4) is 0 Å². The predicted molar refractivity (Wildman–Crippen MR) is 64.0 cm³/mol. The van der Waals surface area contributed by atoms with Gasteiger partial charge < -0.3 is 4.74 Å². The molecule has 1 aromatic carbocycles. The monoisotopic (exact) mass is 271 g/mol. The van der Waals surface area contributed by atoms with Crippen molar-refractivity contribution in [3.05, 3.63) is 28.8 Å². The molecule has 18 heavy (non-hydrogen) atoms. The Balaban J connectivity index is 1.93. The van der Waals surface area contributed by atoms with E-state index in [1.165, 1.54) is 6.07 Å². The van der Waals surface area contributed by atoms with Crippen molar-refractivity contribution in [2.75, 3.05) is 6.61 Å². The van der Waals surface area contributed by atoms with Crippen LogP contribution in [0, 0.1) is 17.2 Å². The van der Waals surface area contributed by atoms with E-state index in [4.69, 9.17) is 21.6 Å². The summed E-state index contributed by atoms with van der Waals surface area (Å²) in [6.07, 6.45) is 0.282. The van der Waals surface area contributed by atoms with Crippen LogP contribution in [0.4, 0.5) is 8.78 Å². The lowest BCUT2D eigenvalue weighted by atomic mass is 10.1. The van der Waals surface area contributed by atoms with Gasteiger partial charge in [0, 0.05) is 12.8 Å². The molecule has 1 aliphatic rings. The van der Waals surface area contributed by atoms with Crippen molar-refractivity contribution in [2.45, 2.75) is 25.2 Å². The quantitative estimate of drug-likeness (QED) is 0.832. The Kier molecular flexibility index (Phi) is 3.72. The number of halogens is 3. The second-order valence-corrected chi connectivity index (χ2v) is 4.94. The summed E-state index contributed by atoms with van der Waals surface area (Å²) in [4.78, 5) is 0. The van der Waals surface area contributed by atoms with Gasteiger partial charge in [-0.2, -0.15) is 5.26 Å². The van der Waals surface area contributed by atoms with Crippen LogP contribution in [-0.4, -0.2) is 12.5 Å². The fourth-order valence-corrected chi connectivity index (χ4v) is 2.31. The van der Waals surface area contributed by atoms with Crippen molar-refractivity contribution in [1.29, 1.82) is 5.26 Å². The number of benzene rings is 1. The largest absolute Gasteiger partial charge is 0.492 e. The van der Waals surface area contributed by atoms with Crippen LogP contribution >= 0.6 is 11.6 Å². The van der Waals surface area contributed by atoms with Crippen molar-refractivity contribution >= 4 is 11.6 Å². The lowest BCUT2D eigenvalue weighted by Gasteiger charge is -2.13. The first-order valence-electron chi connectivity index (χ1n) is 5.70. The molecule has 1 aliphatic carbocycles. The van der Waals surface area contributed by atoms with Crippen LogP contribution in [0.1, 0.15) is 24.8 Å². The van der Waals surface area contributed by atoms with Crippen LogP contribution in [0.5, 0.6) is 5.75 Å². The van der Waals surface area contributed by atoms with Gasteiger partial charge in [0.25, 0.3) is 0 Å². The smallest absolute Gasteiger partial charge is 0.248 e. The topological polar surface area (TPSA) is 33.0 Å². The third-order valence-electron chi connectivity index (χ3n) is 3.04. The van der Waals surface area contributed by atoms with E-state index >= 15 is 0 Å². The molecule has 0 amide bonds. The minimum absolute atomic E-state index is 0.0673. The van der Waals surface area contributed by atoms with Gasteiger partial charge in [0.05, 0.1) is 23.3 Å². The molecule has 1 fully saturated rings.